The van der Waals surface area contributed by atoms with E-state index in [1.807, 2.05) is 26.0 Å². The van der Waals surface area contributed by atoms with Crippen molar-refractivity contribution in [2.24, 2.45) is 0 Å². The maximum absolute atomic E-state index is 13.1. The topological polar surface area (TPSA) is 79.7 Å². The average molecular weight is 420 g/mol. The number of thiazole rings is 1. The minimum Gasteiger partial charge on any atom is -0.507 e. The number of aliphatic hydroxyl groups excluding tert-OH is 1. The zero-order valence-electron chi connectivity index (χ0n) is 16.7. The summed E-state index contributed by atoms with van der Waals surface area (Å²) in [7, 11) is 1.53. The average Bonchev–Trinajstić information content (AvgIpc) is 3.23. The molecule has 1 aliphatic heterocycles. The van der Waals surface area contributed by atoms with E-state index in [4.69, 9.17) is 4.74 Å². The monoisotopic (exact) mass is 420 g/mol. The third-order valence-electron chi connectivity index (χ3n) is 5.15. The first kappa shape index (κ1) is 19.8. The molecule has 2 heterocycles. The maximum atomic E-state index is 13.1. The van der Waals surface area contributed by atoms with Crippen molar-refractivity contribution in [1.29, 1.82) is 0 Å². The van der Waals surface area contributed by atoms with Gasteiger partial charge < -0.3 is 9.84 Å². The zero-order chi connectivity index (χ0) is 21.4. The van der Waals surface area contributed by atoms with Crippen LogP contribution in [-0.2, 0) is 9.59 Å². The number of hydrogen-bond acceptors (Lipinski definition) is 6. The van der Waals surface area contributed by atoms with Crippen LogP contribution in [0.5, 0.6) is 5.75 Å². The van der Waals surface area contributed by atoms with Gasteiger partial charge in [-0.2, -0.15) is 0 Å². The van der Waals surface area contributed by atoms with E-state index >= 15 is 0 Å². The van der Waals surface area contributed by atoms with E-state index < -0.39 is 17.7 Å². The van der Waals surface area contributed by atoms with E-state index in [0.29, 0.717) is 22.0 Å². The summed E-state index contributed by atoms with van der Waals surface area (Å²) in [4.78, 5) is 33.0. The first-order valence-corrected chi connectivity index (χ1v) is 10.2. The van der Waals surface area contributed by atoms with Crippen LogP contribution >= 0.6 is 11.3 Å². The highest BCUT2D eigenvalue weighted by Crippen LogP contribution is 2.45. The number of aromatic nitrogens is 1. The summed E-state index contributed by atoms with van der Waals surface area (Å²) in [6.07, 6.45) is 0. The normalized spacial score (nSPS) is 18.1. The van der Waals surface area contributed by atoms with Crippen molar-refractivity contribution in [2.75, 3.05) is 12.0 Å². The predicted molar refractivity (Wildman–Crippen MR) is 116 cm³/mol. The number of carbonyl (C=O) groups is 2. The van der Waals surface area contributed by atoms with Gasteiger partial charge in [0.2, 0.25) is 0 Å². The molecular formula is C23H20N2O4S. The van der Waals surface area contributed by atoms with E-state index in [1.54, 1.807) is 42.5 Å². The van der Waals surface area contributed by atoms with Gasteiger partial charge in [0.05, 0.1) is 18.4 Å². The van der Waals surface area contributed by atoms with Crippen LogP contribution in [0.2, 0.25) is 0 Å². The highest BCUT2D eigenvalue weighted by atomic mass is 32.1. The number of hydrogen-bond donors (Lipinski definition) is 1. The van der Waals surface area contributed by atoms with Gasteiger partial charge in [-0.05, 0) is 19.9 Å². The highest BCUT2D eigenvalue weighted by Gasteiger charge is 2.49. The fourth-order valence-corrected chi connectivity index (χ4v) is 4.46. The third kappa shape index (κ3) is 3.17. The molecule has 0 unspecified atom stereocenters. The Balaban J connectivity index is 1.99. The lowest BCUT2D eigenvalue weighted by atomic mass is 9.95. The summed E-state index contributed by atoms with van der Waals surface area (Å²) in [6, 6.07) is 15.0. The van der Waals surface area contributed by atoms with Crippen molar-refractivity contribution in [3.05, 3.63) is 81.9 Å². The fourth-order valence-electron chi connectivity index (χ4n) is 3.53. The Morgan fingerprint density at radius 1 is 1.07 bits per heavy atom. The number of Topliss-reactive ketones (excluding diaryl/α,β-unsaturated/α-hetero) is 1. The van der Waals surface area contributed by atoms with E-state index in [0.717, 1.165) is 10.6 Å². The van der Waals surface area contributed by atoms with E-state index in [1.165, 1.54) is 23.3 Å². The van der Waals surface area contributed by atoms with Crippen LogP contribution in [0, 0.1) is 13.8 Å². The van der Waals surface area contributed by atoms with Crippen LogP contribution in [-0.4, -0.2) is 28.9 Å². The Labute approximate surface area is 178 Å². The SMILES string of the molecule is COc1ccccc1[C@@H]1C(=C(O)c2ccccc2)C(=O)C(=O)N1c1nc(C)c(C)s1. The van der Waals surface area contributed by atoms with Crippen molar-refractivity contribution in [1.82, 2.24) is 4.98 Å². The molecule has 6 nitrogen and oxygen atoms in total. The van der Waals surface area contributed by atoms with E-state index in [9.17, 15) is 14.7 Å². The quantitative estimate of drug-likeness (QED) is 0.385. The fraction of sp³-hybridized carbons (Fsp3) is 0.174. The van der Waals surface area contributed by atoms with Gasteiger partial charge in [-0.15, -0.1) is 11.3 Å². The smallest absolute Gasteiger partial charge is 0.301 e. The summed E-state index contributed by atoms with van der Waals surface area (Å²) < 4.78 is 5.50. The van der Waals surface area contributed by atoms with Gasteiger partial charge in [0.1, 0.15) is 17.6 Å². The predicted octanol–water partition coefficient (Wildman–Crippen LogP) is 4.39. The molecule has 1 saturated heterocycles. The van der Waals surface area contributed by atoms with Crippen LogP contribution in [0.3, 0.4) is 0 Å². The molecule has 30 heavy (non-hydrogen) atoms. The summed E-state index contributed by atoms with van der Waals surface area (Å²) >= 11 is 1.34. The molecule has 4 rings (SSSR count). The van der Waals surface area contributed by atoms with Gasteiger partial charge in [0.15, 0.2) is 5.13 Å². The highest BCUT2D eigenvalue weighted by molar-refractivity contribution is 7.16. The molecule has 0 radical (unpaired) electrons. The van der Waals surface area contributed by atoms with Crippen molar-refractivity contribution >= 4 is 33.9 Å². The summed E-state index contributed by atoms with van der Waals surface area (Å²) in [6.45, 7) is 3.77. The molecule has 2 aromatic carbocycles. The molecule has 1 N–H and O–H groups in total. The van der Waals surface area contributed by atoms with Gasteiger partial charge in [-0.3, -0.25) is 14.5 Å². The molecule has 7 heteroatoms. The summed E-state index contributed by atoms with van der Waals surface area (Å²) in [5.74, 6) is -1.19. The Hall–Kier alpha value is -3.45. The molecule has 152 valence electrons. The van der Waals surface area contributed by atoms with Crippen molar-refractivity contribution in [2.45, 2.75) is 19.9 Å². The lowest BCUT2D eigenvalue weighted by Crippen LogP contribution is -2.29. The van der Waals surface area contributed by atoms with Gasteiger partial charge >= 0.3 is 5.91 Å². The van der Waals surface area contributed by atoms with E-state index in [2.05, 4.69) is 4.98 Å². The second-order valence-corrected chi connectivity index (χ2v) is 8.10. The lowest BCUT2D eigenvalue weighted by Gasteiger charge is -2.24. The lowest BCUT2D eigenvalue weighted by molar-refractivity contribution is -0.132. The number of aryl methyl sites for hydroxylation is 2. The van der Waals surface area contributed by atoms with Gasteiger partial charge in [0.25, 0.3) is 5.78 Å². The number of amides is 1. The number of methoxy groups -OCH3 is 1. The van der Waals surface area contributed by atoms with Crippen LogP contribution in [0.15, 0.2) is 60.2 Å². The molecule has 0 bridgehead atoms. The molecule has 0 saturated carbocycles. The number of para-hydroxylation sites is 1. The van der Waals surface area contributed by atoms with Crippen molar-refractivity contribution < 1.29 is 19.4 Å². The van der Waals surface area contributed by atoms with Gasteiger partial charge in [-0.25, -0.2) is 4.98 Å². The van der Waals surface area contributed by atoms with Crippen LogP contribution < -0.4 is 9.64 Å². The minimum absolute atomic E-state index is 0.0150. The molecular weight excluding hydrogens is 400 g/mol. The number of rotatable bonds is 4. The number of ether oxygens (including phenoxy) is 1. The Morgan fingerprint density at radius 2 is 1.73 bits per heavy atom. The Bertz CT molecular complexity index is 1150. The number of aliphatic hydroxyl groups is 1. The number of anilines is 1. The zero-order valence-corrected chi connectivity index (χ0v) is 17.6. The minimum atomic E-state index is -0.855. The standard InChI is InChI=1S/C23H20N2O4S/c1-13-14(2)30-23(24-13)25-19(16-11-7-8-12-17(16)29-3)18(21(27)22(25)28)20(26)15-9-5-4-6-10-15/h4-12,19,26H,1-3H3/t19-/m1/s1. The number of nitrogens with zero attached hydrogens (tertiary/aromatic N) is 2. The number of benzene rings is 2. The molecule has 1 fully saturated rings. The second kappa shape index (κ2) is 7.76. The molecule has 3 aromatic rings. The number of ketones is 1. The Morgan fingerprint density at radius 3 is 2.37 bits per heavy atom. The first-order chi connectivity index (χ1) is 14.4. The molecule has 1 aliphatic rings. The third-order valence-corrected chi connectivity index (χ3v) is 6.22. The first-order valence-electron chi connectivity index (χ1n) is 9.37. The largest absolute Gasteiger partial charge is 0.507 e. The summed E-state index contributed by atoms with van der Waals surface area (Å²) in [5.41, 5.74) is 1.86. The van der Waals surface area contributed by atoms with Crippen LogP contribution in [0.4, 0.5) is 5.13 Å². The molecule has 1 atom stereocenters. The summed E-state index contributed by atoms with van der Waals surface area (Å²) in [5, 5.41) is 11.5. The molecule has 0 aliphatic carbocycles. The van der Waals surface area contributed by atoms with Crippen LogP contribution in [0.25, 0.3) is 5.76 Å². The number of carbonyl (C=O) groups excluding carboxylic acids is 2. The van der Waals surface area contributed by atoms with Crippen LogP contribution in [0.1, 0.15) is 27.7 Å². The van der Waals surface area contributed by atoms with Crippen molar-refractivity contribution in [3.63, 3.8) is 0 Å². The maximum Gasteiger partial charge on any atom is 0.301 e. The Kier molecular flexibility index (Phi) is 5.13. The van der Waals surface area contributed by atoms with Crippen molar-refractivity contribution in [3.8, 4) is 5.75 Å². The van der Waals surface area contributed by atoms with E-state index in [-0.39, 0.29) is 11.3 Å². The van der Waals surface area contributed by atoms with Gasteiger partial charge in [-0.1, -0.05) is 48.5 Å². The molecule has 1 aromatic heterocycles. The molecule has 1 amide bonds. The molecule has 0 spiro atoms. The second-order valence-electron chi connectivity index (χ2n) is 6.92. The van der Waals surface area contributed by atoms with Gasteiger partial charge in [0, 0.05) is 16.0 Å².